The SMILES string of the molecule is O=S(=O)(Cc1cc(F)ccc1Cl)CC1CNC1. The van der Waals surface area contributed by atoms with E-state index < -0.39 is 15.7 Å². The van der Waals surface area contributed by atoms with E-state index in [1.165, 1.54) is 18.2 Å². The van der Waals surface area contributed by atoms with Gasteiger partial charge in [0.2, 0.25) is 0 Å². The minimum Gasteiger partial charge on any atom is -0.316 e. The normalized spacial score (nSPS) is 16.8. The van der Waals surface area contributed by atoms with Crippen LogP contribution < -0.4 is 5.32 Å². The second kappa shape index (κ2) is 4.92. The third-order valence-electron chi connectivity index (χ3n) is 2.74. The summed E-state index contributed by atoms with van der Waals surface area (Å²) >= 11 is 5.84. The number of hydrogen-bond donors (Lipinski definition) is 1. The lowest BCUT2D eigenvalue weighted by Gasteiger charge is -2.26. The van der Waals surface area contributed by atoms with E-state index >= 15 is 0 Å². The highest BCUT2D eigenvalue weighted by Gasteiger charge is 2.25. The largest absolute Gasteiger partial charge is 0.316 e. The second-order valence-corrected chi connectivity index (χ2v) is 6.83. The molecule has 1 fully saturated rings. The zero-order chi connectivity index (χ0) is 12.5. The van der Waals surface area contributed by atoms with Crippen LogP contribution in [0.2, 0.25) is 5.02 Å². The van der Waals surface area contributed by atoms with Gasteiger partial charge in [-0.15, -0.1) is 0 Å². The molecule has 0 amide bonds. The second-order valence-electron chi connectivity index (χ2n) is 4.31. The Morgan fingerprint density at radius 1 is 1.41 bits per heavy atom. The lowest BCUT2D eigenvalue weighted by atomic mass is 10.1. The highest BCUT2D eigenvalue weighted by Crippen LogP contribution is 2.21. The van der Waals surface area contributed by atoms with Gasteiger partial charge in [0.25, 0.3) is 0 Å². The van der Waals surface area contributed by atoms with Crippen LogP contribution in [0.3, 0.4) is 0 Å². The molecule has 94 valence electrons. The van der Waals surface area contributed by atoms with Crippen LogP contribution in [0.15, 0.2) is 18.2 Å². The van der Waals surface area contributed by atoms with Crippen LogP contribution in [-0.4, -0.2) is 27.3 Å². The first-order valence-electron chi connectivity index (χ1n) is 5.31. The van der Waals surface area contributed by atoms with Crippen molar-refractivity contribution in [2.75, 3.05) is 18.8 Å². The molecule has 3 nitrogen and oxygen atoms in total. The topological polar surface area (TPSA) is 46.2 Å². The number of halogens is 2. The molecule has 1 saturated heterocycles. The molecule has 6 heteroatoms. The minimum atomic E-state index is -3.23. The van der Waals surface area contributed by atoms with Crippen molar-refractivity contribution in [1.82, 2.24) is 5.32 Å². The predicted molar refractivity (Wildman–Crippen MR) is 65.3 cm³/mol. The molecule has 0 atom stereocenters. The maximum absolute atomic E-state index is 13.0. The van der Waals surface area contributed by atoms with Gasteiger partial charge in [-0.2, -0.15) is 0 Å². The Hall–Kier alpha value is -0.650. The maximum Gasteiger partial charge on any atom is 0.154 e. The van der Waals surface area contributed by atoms with E-state index in [0.29, 0.717) is 10.6 Å². The molecule has 1 N–H and O–H groups in total. The van der Waals surface area contributed by atoms with Gasteiger partial charge in [-0.1, -0.05) is 11.6 Å². The van der Waals surface area contributed by atoms with Crippen molar-refractivity contribution < 1.29 is 12.8 Å². The number of hydrogen-bond acceptors (Lipinski definition) is 3. The Morgan fingerprint density at radius 3 is 2.71 bits per heavy atom. The van der Waals surface area contributed by atoms with E-state index in [4.69, 9.17) is 11.6 Å². The van der Waals surface area contributed by atoms with E-state index in [1.807, 2.05) is 0 Å². The summed E-state index contributed by atoms with van der Waals surface area (Å²) in [5.41, 5.74) is 0.332. The molecule has 0 saturated carbocycles. The van der Waals surface area contributed by atoms with Gasteiger partial charge in [0.05, 0.1) is 11.5 Å². The average Bonchev–Trinajstić information content (AvgIpc) is 2.18. The van der Waals surface area contributed by atoms with Gasteiger partial charge < -0.3 is 5.32 Å². The number of rotatable bonds is 4. The van der Waals surface area contributed by atoms with Gasteiger partial charge in [0.1, 0.15) is 5.82 Å². The van der Waals surface area contributed by atoms with Crippen molar-refractivity contribution in [2.24, 2.45) is 5.92 Å². The van der Waals surface area contributed by atoms with Crippen LogP contribution in [0, 0.1) is 11.7 Å². The summed E-state index contributed by atoms with van der Waals surface area (Å²) in [4.78, 5) is 0. The Bertz CT molecular complexity index is 514. The molecular formula is C11H13ClFNO2S. The monoisotopic (exact) mass is 277 g/mol. The molecule has 1 aliphatic heterocycles. The van der Waals surface area contributed by atoms with Crippen molar-refractivity contribution in [1.29, 1.82) is 0 Å². The van der Waals surface area contributed by atoms with Gasteiger partial charge in [-0.25, -0.2) is 12.8 Å². The van der Waals surface area contributed by atoms with Crippen molar-refractivity contribution in [3.8, 4) is 0 Å². The molecule has 1 aromatic carbocycles. The van der Waals surface area contributed by atoms with Crippen molar-refractivity contribution >= 4 is 21.4 Å². The number of sulfone groups is 1. The first kappa shape index (κ1) is 12.8. The van der Waals surface area contributed by atoms with E-state index in [1.54, 1.807) is 0 Å². The molecule has 0 aliphatic carbocycles. The van der Waals surface area contributed by atoms with Gasteiger partial charge >= 0.3 is 0 Å². The van der Waals surface area contributed by atoms with Crippen LogP contribution in [-0.2, 0) is 15.6 Å². The van der Waals surface area contributed by atoms with E-state index in [9.17, 15) is 12.8 Å². The first-order chi connectivity index (χ1) is 7.96. The smallest absolute Gasteiger partial charge is 0.154 e. The summed E-state index contributed by atoms with van der Waals surface area (Å²) < 4.78 is 36.7. The fourth-order valence-electron chi connectivity index (χ4n) is 1.78. The lowest BCUT2D eigenvalue weighted by Crippen LogP contribution is -2.45. The van der Waals surface area contributed by atoms with Crippen LogP contribution in [0.5, 0.6) is 0 Å². The van der Waals surface area contributed by atoms with Crippen molar-refractivity contribution in [3.05, 3.63) is 34.6 Å². The molecule has 0 aromatic heterocycles. The molecule has 0 radical (unpaired) electrons. The fourth-order valence-corrected chi connectivity index (χ4v) is 3.82. The van der Waals surface area contributed by atoms with Crippen molar-refractivity contribution in [2.45, 2.75) is 5.75 Å². The molecule has 0 bridgehead atoms. The van der Waals surface area contributed by atoms with Crippen LogP contribution >= 0.6 is 11.6 Å². The number of nitrogens with one attached hydrogen (secondary N) is 1. The summed E-state index contributed by atoms with van der Waals surface area (Å²) in [5.74, 6) is -0.357. The molecule has 1 aromatic rings. The summed E-state index contributed by atoms with van der Waals surface area (Å²) in [6.45, 7) is 1.46. The summed E-state index contributed by atoms with van der Waals surface area (Å²) in [5, 5.41) is 3.31. The van der Waals surface area contributed by atoms with Gasteiger partial charge in [0.15, 0.2) is 9.84 Å². The lowest BCUT2D eigenvalue weighted by molar-refractivity contribution is 0.378. The first-order valence-corrected chi connectivity index (χ1v) is 7.51. The highest BCUT2D eigenvalue weighted by atomic mass is 35.5. The maximum atomic E-state index is 13.0. The van der Waals surface area contributed by atoms with Crippen LogP contribution in [0.1, 0.15) is 5.56 Å². The van der Waals surface area contributed by atoms with E-state index in [2.05, 4.69) is 5.32 Å². The third kappa shape index (κ3) is 3.40. The summed E-state index contributed by atoms with van der Waals surface area (Å²) in [6, 6.07) is 3.78. The van der Waals surface area contributed by atoms with Crippen molar-refractivity contribution in [3.63, 3.8) is 0 Å². The summed E-state index contributed by atoms with van der Waals surface area (Å²) in [6.07, 6.45) is 0. The molecule has 1 aliphatic rings. The zero-order valence-electron chi connectivity index (χ0n) is 9.12. The Balaban J connectivity index is 2.10. The number of benzene rings is 1. The highest BCUT2D eigenvalue weighted by molar-refractivity contribution is 7.90. The fraction of sp³-hybridized carbons (Fsp3) is 0.455. The van der Waals surface area contributed by atoms with E-state index in [0.717, 1.165) is 13.1 Å². The van der Waals surface area contributed by atoms with Crippen LogP contribution in [0.4, 0.5) is 4.39 Å². The zero-order valence-corrected chi connectivity index (χ0v) is 10.7. The Labute approximate surface area is 105 Å². The standard InChI is InChI=1S/C11H13ClFNO2S/c12-11-2-1-10(13)3-9(11)7-17(15,16)6-8-4-14-5-8/h1-3,8,14H,4-7H2. The quantitative estimate of drug-likeness (QED) is 0.910. The molecule has 0 unspecified atom stereocenters. The molecule has 2 rings (SSSR count). The summed E-state index contributed by atoms with van der Waals surface area (Å²) in [7, 11) is -3.23. The van der Waals surface area contributed by atoms with Gasteiger partial charge in [-0.05, 0) is 29.7 Å². The van der Waals surface area contributed by atoms with E-state index in [-0.39, 0.29) is 17.4 Å². The minimum absolute atomic E-state index is 0.132. The predicted octanol–water partition coefficient (Wildman–Crippen LogP) is 1.61. The van der Waals surface area contributed by atoms with Gasteiger partial charge in [-0.3, -0.25) is 0 Å². The molecule has 1 heterocycles. The molecule has 0 spiro atoms. The average molecular weight is 278 g/mol. The molecule has 17 heavy (non-hydrogen) atoms. The van der Waals surface area contributed by atoms with Gasteiger partial charge in [0, 0.05) is 18.1 Å². The van der Waals surface area contributed by atoms with Crippen LogP contribution in [0.25, 0.3) is 0 Å². The Morgan fingerprint density at radius 2 is 2.12 bits per heavy atom. The Kier molecular flexibility index (Phi) is 3.70. The molecular weight excluding hydrogens is 265 g/mol. The third-order valence-corrected chi connectivity index (χ3v) is 4.84.